The molecule has 0 bridgehead atoms. The molecule has 0 atom stereocenters. The zero-order valence-electron chi connectivity index (χ0n) is 8.20. The van der Waals surface area contributed by atoms with E-state index < -0.39 is 0 Å². The molecule has 0 aliphatic carbocycles. The molecule has 3 heteroatoms. The smallest absolute Gasteiger partial charge is 0.190 e. The topological polar surface area (TPSA) is 17.5 Å². The molecule has 16 heavy (non-hydrogen) atoms. The van der Waals surface area contributed by atoms with Crippen molar-refractivity contribution >= 4 is 43.6 Å². The monoisotopic (exact) mass is 271 g/mol. The summed E-state index contributed by atoms with van der Waals surface area (Å²) >= 11 is 3.41. The van der Waals surface area contributed by atoms with Crippen molar-refractivity contribution < 1.29 is 4.42 Å². The van der Waals surface area contributed by atoms with Gasteiger partial charge in [0.05, 0.1) is 6.57 Å². The summed E-state index contributed by atoms with van der Waals surface area (Å²) < 4.78 is 6.69. The molecule has 0 saturated heterocycles. The third-order valence-corrected chi connectivity index (χ3v) is 3.04. The molecule has 3 aromatic rings. The molecular weight excluding hydrogens is 266 g/mol. The molecule has 2 aromatic carbocycles. The molecule has 0 radical (unpaired) electrons. The minimum absolute atomic E-state index is 0.602. The van der Waals surface area contributed by atoms with Crippen LogP contribution in [-0.4, -0.2) is 0 Å². The lowest BCUT2D eigenvalue weighted by molar-refractivity contribution is 0.669. The number of rotatable bonds is 0. The van der Waals surface area contributed by atoms with E-state index in [4.69, 9.17) is 11.0 Å². The Balaban J connectivity index is 2.46. The second-order valence-corrected chi connectivity index (χ2v) is 4.45. The molecule has 0 saturated carbocycles. The number of furan rings is 1. The fourth-order valence-electron chi connectivity index (χ4n) is 1.81. The van der Waals surface area contributed by atoms with Gasteiger partial charge in [-0.15, -0.1) is 0 Å². The molecule has 3 rings (SSSR count). The Kier molecular flexibility index (Phi) is 1.98. The van der Waals surface area contributed by atoms with E-state index in [-0.39, 0.29) is 0 Å². The number of nitrogens with zero attached hydrogens (tertiary/aromatic N) is 1. The van der Waals surface area contributed by atoms with Crippen LogP contribution >= 0.6 is 15.9 Å². The first-order valence-electron chi connectivity index (χ1n) is 4.77. The van der Waals surface area contributed by atoms with E-state index in [9.17, 15) is 0 Å². The summed E-state index contributed by atoms with van der Waals surface area (Å²) in [6.45, 7) is 6.96. The predicted molar refractivity (Wildman–Crippen MR) is 67.7 cm³/mol. The minimum atomic E-state index is 0.602. The quantitative estimate of drug-likeness (QED) is 0.532. The zero-order valence-corrected chi connectivity index (χ0v) is 9.78. The zero-order chi connectivity index (χ0) is 11.1. The van der Waals surface area contributed by atoms with Gasteiger partial charge < -0.3 is 4.42 Å². The maximum absolute atomic E-state index is 6.96. The van der Waals surface area contributed by atoms with Gasteiger partial charge in [0.2, 0.25) is 0 Å². The Morgan fingerprint density at radius 3 is 2.44 bits per heavy atom. The number of hydrogen-bond donors (Lipinski definition) is 0. The molecule has 0 aliphatic heterocycles. The SMILES string of the molecule is [C-]#[N+]c1ccc2c(c1)oc1cc(Br)ccc12. The largest absolute Gasteiger partial charge is 0.457 e. The highest BCUT2D eigenvalue weighted by atomic mass is 79.9. The predicted octanol–water partition coefficient (Wildman–Crippen LogP) is 4.90. The van der Waals surface area contributed by atoms with Gasteiger partial charge in [-0.2, -0.15) is 0 Å². The van der Waals surface area contributed by atoms with E-state index in [0.717, 1.165) is 26.4 Å². The Hall–Kier alpha value is -1.79. The number of fused-ring (bicyclic) bond motifs is 3. The first kappa shape index (κ1) is 9.44. The van der Waals surface area contributed by atoms with Crippen molar-refractivity contribution in [2.24, 2.45) is 0 Å². The van der Waals surface area contributed by atoms with Crippen molar-refractivity contribution in [3.63, 3.8) is 0 Å². The molecular formula is C13H6BrNO. The van der Waals surface area contributed by atoms with E-state index in [1.165, 1.54) is 0 Å². The van der Waals surface area contributed by atoms with Crippen LogP contribution in [-0.2, 0) is 0 Å². The van der Waals surface area contributed by atoms with Crippen molar-refractivity contribution in [2.75, 3.05) is 0 Å². The first-order valence-corrected chi connectivity index (χ1v) is 5.56. The lowest BCUT2D eigenvalue weighted by atomic mass is 10.1. The van der Waals surface area contributed by atoms with Crippen LogP contribution in [0.15, 0.2) is 45.3 Å². The van der Waals surface area contributed by atoms with Crippen molar-refractivity contribution in [1.82, 2.24) is 0 Å². The van der Waals surface area contributed by atoms with Crippen LogP contribution in [0.3, 0.4) is 0 Å². The number of benzene rings is 2. The van der Waals surface area contributed by atoms with Gasteiger partial charge in [0.15, 0.2) is 5.69 Å². The van der Waals surface area contributed by atoms with E-state index in [1.54, 1.807) is 6.07 Å². The van der Waals surface area contributed by atoms with E-state index in [0.29, 0.717) is 5.69 Å². The second kappa shape index (κ2) is 3.36. The molecule has 0 amide bonds. The molecule has 1 aromatic heterocycles. The van der Waals surface area contributed by atoms with Gasteiger partial charge in [-0.1, -0.05) is 28.1 Å². The van der Waals surface area contributed by atoms with Gasteiger partial charge in [-0.3, -0.25) is 0 Å². The summed E-state index contributed by atoms with van der Waals surface area (Å²) in [6.07, 6.45) is 0. The highest BCUT2D eigenvalue weighted by molar-refractivity contribution is 9.10. The Morgan fingerprint density at radius 2 is 1.69 bits per heavy atom. The number of halogens is 1. The summed E-state index contributed by atoms with van der Waals surface area (Å²) in [6, 6.07) is 11.5. The maximum Gasteiger partial charge on any atom is 0.190 e. The average molecular weight is 272 g/mol. The van der Waals surface area contributed by atoms with Crippen LogP contribution in [0, 0.1) is 6.57 Å². The van der Waals surface area contributed by atoms with Gasteiger partial charge in [0.25, 0.3) is 0 Å². The fraction of sp³-hybridized carbons (Fsp3) is 0. The van der Waals surface area contributed by atoms with Crippen LogP contribution in [0.4, 0.5) is 5.69 Å². The normalized spacial score (nSPS) is 10.8. The maximum atomic E-state index is 6.96. The van der Waals surface area contributed by atoms with Crippen LogP contribution < -0.4 is 0 Å². The van der Waals surface area contributed by atoms with Gasteiger partial charge >= 0.3 is 0 Å². The van der Waals surface area contributed by atoms with Gasteiger partial charge in [0.1, 0.15) is 11.2 Å². The van der Waals surface area contributed by atoms with Gasteiger partial charge in [-0.05, 0) is 24.3 Å². The summed E-state index contributed by atoms with van der Waals surface area (Å²) in [5.74, 6) is 0. The van der Waals surface area contributed by atoms with Crippen molar-refractivity contribution in [2.45, 2.75) is 0 Å². The summed E-state index contributed by atoms with van der Waals surface area (Å²) in [5.41, 5.74) is 2.21. The molecule has 1 heterocycles. The Morgan fingerprint density at radius 1 is 1.00 bits per heavy atom. The van der Waals surface area contributed by atoms with E-state index >= 15 is 0 Å². The molecule has 76 valence electrons. The van der Waals surface area contributed by atoms with Crippen LogP contribution in [0.5, 0.6) is 0 Å². The highest BCUT2D eigenvalue weighted by Crippen LogP contribution is 2.32. The van der Waals surface area contributed by atoms with Crippen molar-refractivity contribution in [1.29, 1.82) is 0 Å². The minimum Gasteiger partial charge on any atom is -0.457 e. The lowest BCUT2D eigenvalue weighted by Crippen LogP contribution is -1.66. The lowest BCUT2D eigenvalue weighted by Gasteiger charge is -1.90. The van der Waals surface area contributed by atoms with Gasteiger partial charge in [-0.25, -0.2) is 4.85 Å². The third-order valence-electron chi connectivity index (χ3n) is 2.55. The fourth-order valence-corrected chi connectivity index (χ4v) is 2.15. The first-order chi connectivity index (χ1) is 7.78. The Labute approximate surface area is 100 Å². The van der Waals surface area contributed by atoms with E-state index in [1.807, 2.05) is 30.3 Å². The summed E-state index contributed by atoms with van der Waals surface area (Å²) in [7, 11) is 0. The molecule has 0 spiro atoms. The third kappa shape index (κ3) is 1.31. The van der Waals surface area contributed by atoms with Crippen molar-refractivity contribution in [3.05, 3.63) is 52.3 Å². The standard InChI is InChI=1S/C13H6BrNO/c1-15-9-3-5-11-10-4-2-8(14)6-12(10)16-13(11)7-9/h2-7H. The molecule has 0 unspecified atom stereocenters. The average Bonchev–Trinajstić information content (AvgIpc) is 2.64. The summed E-state index contributed by atoms with van der Waals surface area (Å²) in [4.78, 5) is 3.39. The number of hydrogen-bond acceptors (Lipinski definition) is 1. The van der Waals surface area contributed by atoms with Crippen LogP contribution in [0.1, 0.15) is 0 Å². The molecule has 0 aliphatic rings. The second-order valence-electron chi connectivity index (χ2n) is 3.53. The van der Waals surface area contributed by atoms with Gasteiger partial charge in [0, 0.05) is 15.2 Å². The van der Waals surface area contributed by atoms with Crippen molar-refractivity contribution in [3.8, 4) is 0 Å². The van der Waals surface area contributed by atoms with Crippen LogP contribution in [0.25, 0.3) is 26.8 Å². The molecule has 0 fully saturated rings. The molecule has 0 N–H and O–H groups in total. The highest BCUT2D eigenvalue weighted by Gasteiger charge is 2.07. The van der Waals surface area contributed by atoms with E-state index in [2.05, 4.69) is 20.8 Å². The summed E-state index contributed by atoms with van der Waals surface area (Å²) in [5, 5.41) is 2.13. The Bertz CT molecular complexity index is 737. The molecule has 2 nitrogen and oxygen atoms in total. The van der Waals surface area contributed by atoms with Crippen LogP contribution in [0.2, 0.25) is 0 Å².